The van der Waals surface area contributed by atoms with Gasteiger partial charge in [0.25, 0.3) is 0 Å². The smallest absolute Gasteiger partial charge is 0.124 e. The Labute approximate surface area is 103 Å². The Hall–Kier alpha value is -1.02. The molecule has 1 saturated carbocycles. The van der Waals surface area contributed by atoms with Crippen molar-refractivity contribution in [1.29, 1.82) is 0 Å². The molecule has 2 aliphatic rings. The standard InChI is InChI=1S/C15H21NO/c1-10(2)11-7-15(8-11)9-13(16)12-5-3-4-6-14(12)17-15/h3-6,10-11,13H,7-9,16H2,1-2H3/t11?,13-,15?/m0/s1. The first-order chi connectivity index (χ1) is 8.10. The quantitative estimate of drug-likeness (QED) is 0.805. The van der Waals surface area contributed by atoms with Crippen LogP contribution < -0.4 is 10.5 Å². The lowest BCUT2D eigenvalue weighted by molar-refractivity contribution is -0.0845. The van der Waals surface area contributed by atoms with Crippen molar-refractivity contribution in [2.24, 2.45) is 17.6 Å². The number of benzene rings is 1. The predicted molar refractivity (Wildman–Crippen MR) is 68.9 cm³/mol. The van der Waals surface area contributed by atoms with Gasteiger partial charge in [0.05, 0.1) is 0 Å². The number of hydrogen-bond donors (Lipinski definition) is 1. The highest BCUT2D eigenvalue weighted by atomic mass is 16.5. The van der Waals surface area contributed by atoms with Crippen LogP contribution >= 0.6 is 0 Å². The molecular formula is C15H21NO. The average Bonchev–Trinajstić information content (AvgIpc) is 2.25. The van der Waals surface area contributed by atoms with E-state index < -0.39 is 0 Å². The maximum absolute atomic E-state index is 6.27. The molecule has 17 heavy (non-hydrogen) atoms. The second kappa shape index (κ2) is 3.74. The normalized spacial score (nSPS) is 35.3. The van der Waals surface area contributed by atoms with Gasteiger partial charge in [0, 0.05) is 18.0 Å². The van der Waals surface area contributed by atoms with E-state index in [1.807, 2.05) is 12.1 Å². The molecule has 92 valence electrons. The summed E-state index contributed by atoms with van der Waals surface area (Å²) in [6, 6.07) is 8.36. The van der Waals surface area contributed by atoms with Crippen LogP contribution in [-0.2, 0) is 0 Å². The Morgan fingerprint density at radius 1 is 1.24 bits per heavy atom. The van der Waals surface area contributed by atoms with Gasteiger partial charge in [0.2, 0.25) is 0 Å². The Kier molecular flexibility index (Phi) is 2.44. The Morgan fingerprint density at radius 2 is 1.94 bits per heavy atom. The highest BCUT2D eigenvalue weighted by Gasteiger charge is 2.50. The lowest BCUT2D eigenvalue weighted by Crippen LogP contribution is -2.53. The first kappa shape index (κ1) is 11.1. The summed E-state index contributed by atoms with van der Waals surface area (Å²) in [4.78, 5) is 0. The molecule has 0 bridgehead atoms. The molecular weight excluding hydrogens is 210 g/mol. The Bertz CT molecular complexity index is 421. The molecule has 0 amide bonds. The van der Waals surface area contributed by atoms with Gasteiger partial charge in [-0.05, 0) is 30.7 Å². The summed E-state index contributed by atoms with van der Waals surface area (Å²) in [5.41, 5.74) is 7.49. The van der Waals surface area contributed by atoms with Gasteiger partial charge < -0.3 is 10.5 Å². The van der Waals surface area contributed by atoms with E-state index in [1.54, 1.807) is 0 Å². The zero-order valence-electron chi connectivity index (χ0n) is 10.6. The van der Waals surface area contributed by atoms with Crippen LogP contribution in [0, 0.1) is 11.8 Å². The summed E-state index contributed by atoms with van der Waals surface area (Å²) < 4.78 is 6.23. The van der Waals surface area contributed by atoms with E-state index in [9.17, 15) is 0 Å². The van der Waals surface area contributed by atoms with E-state index in [2.05, 4.69) is 26.0 Å². The third-order valence-corrected chi connectivity index (χ3v) is 4.45. The number of rotatable bonds is 1. The molecule has 1 fully saturated rings. The zero-order valence-corrected chi connectivity index (χ0v) is 10.6. The van der Waals surface area contributed by atoms with Gasteiger partial charge in [0.15, 0.2) is 0 Å². The Balaban J connectivity index is 1.81. The summed E-state index contributed by atoms with van der Waals surface area (Å²) in [6.07, 6.45) is 3.33. The molecule has 1 heterocycles. The van der Waals surface area contributed by atoms with Crippen molar-refractivity contribution in [3.8, 4) is 5.75 Å². The van der Waals surface area contributed by atoms with Gasteiger partial charge in [-0.25, -0.2) is 0 Å². The Morgan fingerprint density at radius 3 is 2.65 bits per heavy atom. The fourth-order valence-corrected chi connectivity index (χ4v) is 3.28. The van der Waals surface area contributed by atoms with Crippen LogP contribution in [0.1, 0.15) is 44.7 Å². The average molecular weight is 231 g/mol. The zero-order chi connectivity index (χ0) is 12.0. The molecule has 1 aromatic rings. The minimum atomic E-state index is 0.0444. The predicted octanol–water partition coefficient (Wildman–Crippen LogP) is 3.27. The molecule has 0 saturated heterocycles. The summed E-state index contributed by atoms with van der Waals surface area (Å²) in [5.74, 6) is 2.58. The molecule has 2 N–H and O–H groups in total. The SMILES string of the molecule is CC(C)C1CC2(C1)C[C@H](N)c1ccccc1O2. The van der Waals surface area contributed by atoms with Crippen molar-refractivity contribution < 1.29 is 4.74 Å². The molecule has 0 radical (unpaired) electrons. The fraction of sp³-hybridized carbons (Fsp3) is 0.600. The van der Waals surface area contributed by atoms with Crippen molar-refractivity contribution in [1.82, 2.24) is 0 Å². The summed E-state index contributed by atoms with van der Waals surface area (Å²) in [7, 11) is 0. The number of hydrogen-bond acceptors (Lipinski definition) is 2. The van der Waals surface area contributed by atoms with Crippen LogP contribution in [0.5, 0.6) is 5.75 Å². The van der Waals surface area contributed by atoms with Gasteiger partial charge in [-0.3, -0.25) is 0 Å². The van der Waals surface area contributed by atoms with Gasteiger partial charge in [-0.1, -0.05) is 32.0 Å². The van der Waals surface area contributed by atoms with E-state index in [-0.39, 0.29) is 11.6 Å². The lowest BCUT2D eigenvalue weighted by atomic mass is 9.62. The van der Waals surface area contributed by atoms with Crippen LogP contribution in [0.15, 0.2) is 24.3 Å². The van der Waals surface area contributed by atoms with Crippen LogP contribution in [0.25, 0.3) is 0 Å². The molecule has 2 heteroatoms. The first-order valence-electron chi connectivity index (χ1n) is 6.63. The van der Waals surface area contributed by atoms with Crippen molar-refractivity contribution in [3.63, 3.8) is 0 Å². The number of nitrogens with two attached hydrogens (primary N) is 1. The largest absolute Gasteiger partial charge is 0.487 e. The number of para-hydroxylation sites is 1. The lowest BCUT2D eigenvalue weighted by Gasteiger charge is -2.52. The van der Waals surface area contributed by atoms with E-state index in [0.29, 0.717) is 0 Å². The molecule has 1 atom stereocenters. The molecule has 0 aromatic heterocycles. The monoisotopic (exact) mass is 231 g/mol. The van der Waals surface area contributed by atoms with Crippen LogP contribution in [-0.4, -0.2) is 5.60 Å². The number of ether oxygens (including phenoxy) is 1. The summed E-state index contributed by atoms with van der Waals surface area (Å²) in [5, 5.41) is 0. The first-order valence-corrected chi connectivity index (χ1v) is 6.63. The van der Waals surface area contributed by atoms with Gasteiger partial charge >= 0.3 is 0 Å². The molecule has 1 aliphatic carbocycles. The molecule has 0 unspecified atom stereocenters. The maximum Gasteiger partial charge on any atom is 0.124 e. The molecule has 2 nitrogen and oxygen atoms in total. The highest BCUT2D eigenvalue weighted by Crippen LogP contribution is 2.52. The molecule has 1 spiro atoms. The third kappa shape index (κ3) is 1.75. The highest BCUT2D eigenvalue weighted by molar-refractivity contribution is 5.39. The van der Waals surface area contributed by atoms with Crippen molar-refractivity contribution in [3.05, 3.63) is 29.8 Å². The summed E-state index contributed by atoms with van der Waals surface area (Å²) >= 11 is 0. The summed E-state index contributed by atoms with van der Waals surface area (Å²) in [6.45, 7) is 4.60. The topological polar surface area (TPSA) is 35.2 Å². The van der Waals surface area contributed by atoms with Crippen LogP contribution in [0.3, 0.4) is 0 Å². The number of fused-ring (bicyclic) bond motifs is 1. The third-order valence-electron chi connectivity index (χ3n) is 4.45. The minimum Gasteiger partial charge on any atom is -0.487 e. The van der Waals surface area contributed by atoms with E-state index in [4.69, 9.17) is 10.5 Å². The van der Waals surface area contributed by atoms with Crippen LogP contribution in [0.2, 0.25) is 0 Å². The molecule has 1 aromatic carbocycles. The molecule has 3 rings (SSSR count). The molecule has 1 aliphatic heterocycles. The fourth-order valence-electron chi connectivity index (χ4n) is 3.28. The second-order valence-electron chi connectivity index (χ2n) is 6.05. The van der Waals surface area contributed by atoms with Gasteiger partial charge in [0.1, 0.15) is 11.4 Å². The second-order valence-corrected chi connectivity index (χ2v) is 6.05. The van der Waals surface area contributed by atoms with Crippen molar-refractivity contribution in [2.45, 2.75) is 44.8 Å². The van der Waals surface area contributed by atoms with Crippen molar-refractivity contribution >= 4 is 0 Å². The van der Waals surface area contributed by atoms with E-state index in [1.165, 1.54) is 18.4 Å². The van der Waals surface area contributed by atoms with Crippen LogP contribution in [0.4, 0.5) is 0 Å². The van der Waals surface area contributed by atoms with Gasteiger partial charge in [-0.15, -0.1) is 0 Å². The van der Waals surface area contributed by atoms with Gasteiger partial charge in [-0.2, -0.15) is 0 Å². The van der Waals surface area contributed by atoms with E-state index in [0.717, 1.165) is 24.0 Å². The van der Waals surface area contributed by atoms with E-state index >= 15 is 0 Å². The van der Waals surface area contributed by atoms with Crippen molar-refractivity contribution in [2.75, 3.05) is 0 Å². The maximum atomic E-state index is 6.27. The minimum absolute atomic E-state index is 0.0444.